The molecule has 2 aliphatic carbocycles. The van der Waals surface area contributed by atoms with Crippen LogP contribution in [0.15, 0.2) is 65.0 Å². The van der Waals surface area contributed by atoms with E-state index >= 15 is 0 Å². The number of aryl methyl sites for hydroxylation is 1. The van der Waals surface area contributed by atoms with Crippen molar-refractivity contribution in [2.24, 2.45) is 10.8 Å². The van der Waals surface area contributed by atoms with E-state index in [0.29, 0.717) is 30.9 Å². The van der Waals surface area contributed by atoms with Crippen molar-refractivity contribution in [2.75, 3.05) is 7.11 Å². The number of benzene rings is 2. The van der Waals surface area contributed by atoms with Crippen LogP contribution in [-0.4, -0.2) is 18.7 Å². The molecule has 2 aromatic carbocycles. The molecule has 0 fully saturated rings. The normalized spacial score (nSPS) is 20.8. The van der Waals surface area contributed by atoms with Crippen LogP contribution in [0, 0.1) is 17.8 Å². The number of dihydropyridines is 1. The van der Waals surface area contributed by atoms with Crippen molar-refractivity contribution in [1.29, 1.82) is 0 Å². The second-order valence-corrected chi connectivity index (χ2v) is 12.4. The summed E-state index contributed by atoms with van der Waals surface area (Å²) in [5, 5.41) is 3.57. The molecule has 5 heteroatoms. The standard InChI is InChI=1S/C32H37NO4/c1-19-8-7-9-20(12-19)18-37-26-11-10-21(13-27(26)36-6)28-29-22(14-31(2,3)16-24(29)34)33-23-15-32(4,5)17-25(35)30(23)28/h7-13,28,33H,14-18H2,1-6H3. The van der Waals surface area contributed by atoms with Gasteiger partial charge in [0.25, 0.3) is 0 Å². The lowest BCUT2D eigenvalue weighted by Crippen LogP contribution is -2.42. The second-order valence-electron chi connectivity index (χ2n) is 12.4. The van der Waals surface area contributed by atoms with Gasteiger partial charge in [-0.2, -0.15) is 0 Å². The Labute approximate surface area is 219 Å². The summed E-state index contributed by atoms with van der Waals surface area (Å²) < 4.78 is 11.9. The van der Waals surface area contributed by atoms with Gasteiger partial charge in [0.2, 0.25) is 0 Å². The highest BCUT2D eigenvalue weighted by Crippen LogP contribution is 2.51. The number of carbonyl (C=O) groups is 2. The van der Waals surface area contributed by atoms with Gasteiger partial charge in [-0.3, -0.25) is 9.59 Å². The number of ether oxygens (including phenoxy) is 2. The number of ketones is 2. The highest BCUT2D eigenvalue weighted by atomic mass is 16.5. The average molecular weight is 500 g/mol. The first-order valence-corrected chi connectivity index (χ1v) is 13.1. The molecule has 0 saturated carbocycles. The Bertz CT molecular complexity index is 1290. The third kappa shape index (κ3) is 4.96. The molecule has 5 nitrogen and oxygen atoms in total. The lowest BCUT2D eigenvalue weighted by atomic mass is 9.64. The Morgan fingerprint density at radius 2 is 1.46 bits per heavy atom. The van der Waals surface area contributed by atoms with Gasteiger partial charge < -0.3 is 14.8 Å². The fourth-order valence-corrected chi connectivity index (χ4v) is 6.17. The lowest BCUT2D eigenvalue weighted by molar-refractivity contribution is -0.119. The molecule has 0 saturated heterocycles. The molecule has 37 heavy (non-hydrogen) atoms. The molecule has 1 heterocycles. The van der Waals surface area contributed by atoms with Gasteiger partial charge in [-0.25, -0.2) is 0 Å². The summed E-state index contributed by atoms with van der Waals surface area (Å²) in [5.41, 5.74) is 6.33. The van der Waals surface area contributed by atoms with Crippen molar-refractivity contribution in [3.8, 4) is 11.5 Å². The molecule has 0 bridgehead atoms. The second kappa shape index (κ2) is 9.20. The number of hydrogen-bond donors (Lipinski definition) is 1. The van der Waals surface area contributed by atoms with Crippen molar-refractivity contribution < 1.29 is 19.1 Å². The molecule has 1 aliphatic heterocycles. The van der Waals surface area contributed by atoms with E-state index in [9.17, 15) is 9.59 Å². The van der Waals surface area contributed by atoms with Gasteiger partial charge in [0.05, 0.1) is 7.11 Å². The van der Waals surface area contributed by atoms with Gasteiger partial charge in [0.1, 0.15) is 6.61 Å². The molecule has 0 spiro atoms. The number of carbonyl (C=O) groups excluding carboxylic acids is 2. The van der Waals surface area contributed by atoms with Crippen LogP contribution >= 0.6 is 0 Å². The zero-order valence-corrected chi connectivity index (χ0v) is 22.8. The Kier molecular flexibility index (Phi) is 6.29. The van der Waals surface area contributed by atoms with Crippen LogP contribution in [-0.2, 0) is 16.2 Å². The minimum absolute atomic E-state index is 0.117. The molecule has 194 valence electrons. The van der Waals surface area contributed by atoms with Crippen molar-refractivity contribution >= 4 is 11.6 Å². The van der Waals surface area contributed by atoms with Gasteiger partial charge in [-0.05, 0) is 53.9 Å². The molecule has 0 aromatic heterocycles. The number of allylic oxidation sites excluding steroid dienone is 4. The highest BCUT2D eigenvalue weighted by molar-refractivity contribution is 6.06. The first-order valence-electron chi connectivity index (χ1n) is 13.1. The van der Waals surface area contributed by atoms with Gasteiger partial charge in [0, 0.05) is 41.3 Å². The topological polar surface area (TPSA) is 64.6 Å². The minimum Gasteiger partial charge on any atom is -0.493 e. The molecule has 2 aromatic rings. The summed E-state index contributed by atoms with van der Waals surface area (Å²) in [6.45, 7) is 11.0. The van der Waals surface area contributed by atoms with Crippen LogP contribution < -0.4 is 14.8 Å². The van der Waals surface area contributed by atoms with E-state index in [1.165, 1.54) is 5.56 Å². The van der Waals surface area contributed by atoms with E-state index in [1.807, 2.05) is 30.3 Å². The first-order chi connectivity index (χ1) is 17.5. The van der Waals surface area contributed by atoms with E-state index in [4.69, 9.17) is 9.47 Å². The Hall–Kier alpha value is -3.34. The predicted octanol–water partition coefficient (Wildman–Crippen LogP) is 6.56. The summed E-state index contributed by atoms with van der Waals surface area (Å²) >= 11 is 0. The van der Waals surface area contributed by atoms with Crippen LogP contribution in [0.3, 0.4) is 0 Å². The Morgan fingerprint density at radius 3 is 2.03 bits per heavy atom. The summed E-state index contributed by atoms with van der Waals surface area (Å²) in [6.07, 6.45) is 2.51. The van der Waals surface area contributed by atoms with Crippen molar-refractivity contribution in [2.45, 2.75) is 72.8 Å². The fraction of sp³-hybridized carbons (Fsp3) is 0.438. The largest absolute Gasteiger partial charge is 0.493 e. The quantitative estimate of drug-likeness (QED) is 0.505. The van der Waals surface area contributed by atoms with Crippen LogP contribution in [0.25, 0.3) is 0 Å². The fourth-order valence-electron chi connectivity index (χ4n) is 6.17. The predicted molar refractivity (Wildman–Crippen MR) is 144 cm³/mol. The SMILES string of the molecule is COc1cc(C2C3=C(CC(C)(C)CC3=O)NC3=C2C(=O)CC(C)(C)C3)ccc1OCc1cccc(C)c1. The van der Waals surface area contributed by atoms with Crippen molar-refractivity contribution in [3.05, 3.63) is 81.7 Å². The number of rotatable bonds is 5. The zero-order valence-electron chi connectivity index (χ0n) is 22.8. The number of nitrogens with one attached hydrogen (secondary N) is 1. The smallest absolute Gasteiger partial charge is 0.162 e. The molecular weight excluding hydrogens is 462 g/mol. The summed E-state index contributed by atoms with van der Waals surface area (Å²) in [7, 11) is 1.62. The number of methoxy groups -OCH3 is 1. The van der Waals surface area contributed by atoms with Crippen LogP contribution in [0.2, 0.25) is 0 Å². The summed E-state index contributed by atoms with van der Waals surface area (Å²) in [6, 6.07) is 14.1. The van der Waals surface area contributed by atoms with Crippen LogP contribution in [0.5, 0.6) is 11.5 Å². The number of Topliss-reactive ketones (excluding diaryl/α,β-unsaturated/α-hetero) is 2. The van der Waals surface area contributed by atoms with Gasteiger partial charge in [-0.1, -0.05) is 63.6 Å². The van der Waals surface area contributed by atoms with Crippen molar-refractivity contribution in [1.82, 2.24) is 5.32 Å². The third-order valence-corrected chi connectivity index (χ3v) is 7.72. The Balaban J connectivity index is 1.56. The van der Waals surface area contributed by atoms with E-state index in [0.717, 1.165) is 46.5 Å². The van der Waals surface area contributed by atoms with Crippen LogP contribution in [0.1, 0.15) is 76.0 Å². The van der Waals surface area contributed by atoms with Gasteiger partial charge in [0.15, 0.2) is 23.1 Å². The lowest BCUT2D eigenvalue weighted by Gasteiger charge is -2.44. The van der Waals surface area contributed by atoms with Gasteiger partial charge in [-0.15, -0.1) is 0 Å². The Morgan fingerprint density at radius 1 is 0.838 bits per heavy atom. The maximum Gasteiger partial charge on any atom is 0.162 e. The summed E-state index contributed by atoms with van der Waals surface area (Å²) in [5.74, 6) is 1.08. The van der Waals surface area contributed by atoms with E-state index in [-0.39, 0.29) is 22.4 Å². The molecular formula is C32H37NO4. The first kappa shape index (κ1) is 25.3. The molecule has 3 aliphatic rings. The molecule has 1 N–H and O–H groups in total. The molecule has 5 rings (SSSR count). The minimum atomic E-state index is -0.391. The van der Waals surface area contributed by atoms with E-state index in [2.05, 4.69) is 52.1 Å². The molecule has 0 unspecified atom stereocenters. The van der Waals surface area contributed by atoms with E-state index < -0.39 is 5.92 Å². The molecule has 0 radical (unpaired) electrons. The highest BCUT2D eigenvalue weighted by Gasteiger charge is 2.46. The third-order valence-electron chi connectivity index (χ3n) is 7.72. The average Bonchev–Trinajstić information content (AvgIpc) is 2.79. The molecule has 0 atom stereocenters. The van der Waals surface area contributed by atoms with E-state index in [1.54, 1.807) is 7.11 Å². The summed E-state index contributed by atoms with van der Waals surface area (Å²) in [4.78, 5) is 27.1. The number of hydrogen-bond acceptors (Lipinski definition) is 5. The monoisotopic (exact) mass is 499 g/mol. The van der Waals surface area contributed by atoms with Crippen molar-refractivity contribution in [3.63, 3.8) is 0 Å². The zero-order chi connectivity index (χ0) is 26.5. The van der Waals surface area contributed by atoms with Crippen LogP contribution in [0.4, 0.5) is 0 Å². The van der Waals surface area contributed by atoms with Gasteiger partial charge >= 0.3 is 0 Å². The molecule has 0 amide bonds. The maximum atomic E-state index is 13.6. The maximum absolute atomic E-state index is 13.6.